The maximum absolute atomic E-state index is 9.00. The number of aliphatic hydroxyl groups is 1. The van der Waals surface area contributed by atoms with E-state index in [1.807, 2.05) is 0 Å². The normalized spacial score (nSPS) is 23.3. The first kappa shape index (κ1) is 8.92. The van der Waals surface area contributed by atoms with Gasteiger partial charge in [0.2, 0.25) is 0 Å². The summed E-state index contributed by atoms with van der Waals surface area (Å²) >= 11 is 0. The number of hydrogen-bond donors (Lipinski definition) is 1. The molecule has 1 rings (SSSR count). The second kappa shape index (κ2) is 3.85. The Hall–Kier alpha value is -0.0800. The number of aliphatic hydroxyl groups excluding tert-OH is 1. The van der Waals surface area contributed by atoms with Crippen LogP contribution in [0.4, 0.5) is 0 Å². The van der Waals surface area contributed by atoms with Crippen LogP contribution in [0.2, 0.25) is 0 Å². The van der Waals surface area contributed by atoms with E-state index in [-0.39, 0.29) is 13.5 Å². The highest BCUT2D eigenvalue weighted by Gasteiger charge is 2.12. The fourth-order valence-corrected chi connectivity index (χ4v) is 0.995. The molecule has 0 amide bonds. The van der Waals surface area contributed by atoms with Crippen molar-refractivity contribution >= 4 is 0 Å². The first-order valence-electron chi connectivity index (χ1n) is 3.15. The van der Waals surface area contributed by atoms with Crippen LogP contribution in [0.3, 0.4) is 0 Å². The lowest BCUT2D eigenvalue weighted by molar-refractivity contribution is 0.0943. The van der Waals surface area contributed by atoms with E-state index in [1.165, 1.54) is 0 Å². The average Bonchev–Trinajstić information content (AvgIpc) is 1.77. The lowest BCUT2D eigenvalue weighted by Gasteiger charge is -2.25. The molecule has 1 aliphatic rings. The molecule has 0 spiro atoms. The fraction of sp³-hybridized carbons (Fsp3) is 1.00. The van der Waals surface area contributed by atoms with Crippen molar-refractivity contribution in [3.8, 4) is 0 Å². The van der Waals surface area contributed by atoms with Gasteiger partial charge in [-0.05, 0) is 19.9 Å². The average molecular weight is 131 g/mol. The number of likely N-dealkylation sites (tertiary alicyclic amines) is 1. The molecule has 0 bridgehead atoms. The zero-order chi connectivity index (χ0) is 5.98. The van der Waals surface area contributed by atoms with Crippen LogP contribution >= 0.6 is 0 Å². The highest BCUT2D eigenvalue weighted by molar-refractivity contribution is 4.67. The van der Waals surface area contributed by atoms with E-state index in [4.69, 9.17) is 5.11 Å². The van der Waals surface area contributed by atoms with Crippen LogP contribution in [0.5, 0.6) is 0 Å². The molecule has 56 valence electrons. The van der Waals surface area contributed by atoms with Gasteiger partial charge in [-0.2, -0.15) is 0 Å². The Bertz CT molecular complexity index is 57.3. The van der Waals surface area contributed by atoms with Crippen LogP contribution in [0.25, 0.3) is 0 Å². The molecule has 0 radical (unpaired) electrons. The van der Waals surface area contributed by atoms with E-state index in [9.17, 15) is 0 Å². The third kappa shape index (κ3) is 2.82. The Kier molecular flexibility index (Phi) is 3.82. The van der Waals surface area contributed by atoms with Gasteiger partial charge in [0.1, 0.15) is 0 Å². The van der Waals surface area contributed by atoms with Gasteiger partial charge in [0.05, 0.1) is 6.10 Å². The first-order chi connectivity index (χ1) is 3.79. The third-order valence-corrected chi connectivity index (χ3v) is 1.69. The summed E-state index contributed by atoms with van der Waals surface area (Å²) in [6.45, 7) is 2.11. The molecule has 0 aromatic heterocycles. The number of rotatable bonds is 0. The van der Waals surface area contributed by atoms with Crippen molar-refractivity contribution in [2.75, 3.05) is 20.1 Å². The van der Waals surface area contributed by atoms with Gasteiger partial charge in [0.15, 0.2) is 0 Å². The molecular formula is C7H17NO. The first-order valence-corrected chi connectivity index (χ1v) is 3.15. The maximum atomic E-state index is 9.00. The largest absolute Gasteiger partial charge is 0.393 e. The summed E-state index contributed by atoms with van der Waals surface area (Å²) in [6, 6.07) is 0. The molecule has 0 unspecified atom stereocenters. The minimum absolute atomic E-state index is 0. The number of piperidine rings is 1. The molecular weight excluding hydrogens is 114 g/mol. The Morgan fingerprint density at radius 2 is 1.78 bits per heavy atom. The van der Waals surface area contributed by atoms with Crippen LogP contribution in [0.15, 0.2) is 0 Å². The SMILES string of the molecule is C.CN1CCC(O)CC1. The molecule has 9 heavy (non-hydrogen) atoms. The monoisotopic (exact) mass is 131 g/mol. The van der Waals surface area contributed by atoms with Crippen molar-refractivity contribution < 1.29 is 5.11 Å². The van der Waals surface area contributed by atoms with Crippen molar-refractivity contribution in [2.24, 2.45) is 0 Å². The second-order valence-corrected chi connectivity index (χ2v) is 2.53. The lowest BCUT2D eigenvalue weighted by atomic mass is 10.1. The molecule has 0 aromatic carbocycles. The molecule has 2 heteroatoms. The van der Waals surface area contributed by atoms with Crippen LogP contribution in [-0.4, -0.2) is 36.2 Å². The highest BCUT2D eigenvalue weighted by Crippen LogP contribution is 2.06. The summed E-state index contributed by atoms with van der Waals surface area (Å²) in [5.41, 5.74) is 0. The van der Waals surface area contributed by atoms with Gasteiger partial charge < -0.3 is 10.0 Å². The minimum atomic E-state index is -0.0220. The maximum Gasteiger partial charge on any atom is 0.0564 e. The van der Waals surface area contributed by atoms with Gasteiger partial charge in [-0.25, -0.2) is 0 Å². The van der Waals surface area contributed by atoms with Crippen molar-refractivity contribution in [1.82, 2.24) is 4.90 Å². The Morgan fingerprint density at radius 1 is 1.33 bits per heavy atom. The van der Waals surface area contributed by atoms with Crippen LogP contribution < -0.4 is 0 Å². The molecule has 0 saturated carbocycles. The van der Waals surface area contributed by atoms with E-state index in [0.717, 1.165) is 25.9 Å². The van der Waals surface area contributed by atoms with Gasteiger partial charge in [-0.1, -0.05) is 7.43 Å². The summed E-state index contributed by atoms with van der Waals surface area (Å²) in [4.78, 5) is 2.24. The molecule has 0 atom stereocenters. The lowest BCUT2D eigenvalue weighted by Crippen LogP contribution is -2.32. The quantitative estimate of drug-likeness (QED) is 0.523. The number of nitrogens with zero attached hydrogens (tertiary/aromatic N) is 1. The fourth-order valence-electron chi connectivity index (χ4n) is 0.995. The van der Waals surface area contributed by atoms with Gasteiger partial charge >= 0.3 is 0 Å². The molecule has 1 heterocycles. The van der Waals surface area contributed by atoms with E-state index in [0.29, 0.717) is 0 Å². The van der Waals surface area contributed by atoms with Gasteiger partial charge in [-0.15, -0.1) is 0 Å². The topological polar surface area (TPSA) is 23.5 Å². The van der Waals surface area contributed by atoms with E-state index in [2.05, 4.69) is 11.9 Å². The molecule has 0 aliphatic carbocycles. The van der Waals surface area contributed by atoms with Crippen molar-refractivity contribution in [3.63, 3.8) is 0 Å². The second-order valence-electron chi connectivity index (χ2n) is 2.53. The van der Waals surface area contributed by atoms with Gasteiger partial charge in [0.25, 0.3) is 0 Å². The molecule has 0 aromatic rings. The predicted octanol–water partition coefficient (Wildman–Crippen LogP) is 0.709. The summed E-state index contributed by atoms with van der Waals surface area (Å²) in [5, 5.41) is 9.00. The smallest absolute Gasteiger partial charge is 0.0564 e. The third-order valence-electron chi connectivity index (χ3n) is 1.69. The zero-order valence-electron chi connectivity index (χ0n) is 5.30. The van der Waals surface area contributed by atoms with Crippen LogP contribution in [-0.2, 0) is 0 Å². The molecule has 1 N–H and O–H groups in total. The number of hydrogen-bond acceptors (Lipinski definition) is 2. The summed E-state index contributed by atoms with van der Waals surface area (Å²) in [5.74, 6) is 0. The van der Waals surface area contributed by atoms with Gasteiger partial charge in [-0.3, -0.25) is 0 Å². The Balaban J connectivity index is 0.000000640. The Morgan fingerprint density at radius 3 is 2.11 bits per heavy atom. The molecule has 1 aliphatic heterocycles. The summed E-state index contributed by atoms with van der Waals surface area (Å²) < 4.78 is 0. The van der Waals surface area contributed by atoms with Crippen molar-refractivity contribution in [3.05, 3.63) is 0 Å². The van der Waals surface area contributed by atoms with Crippen molar-refractivity contribution in [1.29, 1.82) is 0 Å². The van der Waals surface area contributed by atoms with E-state index >= 15 is 0 Å². The molecule has 1 saturated heterocycles. The summed E-state index contributed by atoms with van der Waals surface area (Å²) in [6.07, 6.45) is 1.89. The van der Waals surface area contributed by atoms with E-state index in [1.54, 1.807) is 0 Å². The van der Waals surface area contributed by atoms with Crippen LogP contribution in [0.1, 0.15) is 20.3 Å². The minimum Gasteiger partial charge on any atom is -0.393 e. The molecule has 2 nitrogen and oxygen atoms in total. The summed E-state index contributed by atoms with van der Waals surface area (Å²) in [7, 11) is 2.09. The van der Waals surface area contributed by atoms with Crippen molar-refractivity contribution in [2.45, 2.75) is 26.4 Å². The van der Waals surface area contributed by atoms with Gasteiger partial charge in [0, 0.05) is 13.1 Å². The molecule has 1 fully saturated rings. The highest BCUT2D eigenvalue weighted by atomic mass is 16.3. The standard InChI is InChI=1S/C6H13NO.CH4/c1-7-4-2-6(8)3-5-7;/h6,8H,2-5H2,1H3;1H4. The van der Waals surface area contributed by atoms with Crippen LogP contribution in [0, 0.1) is 0 Å². The Labute approximate surface area is 57.5 Å². The zero-order valence-corrected chi connectivity index (χ0v) is 5.30. The van der Waals surface area contributed by atoms with E-state index < -0.39 is 0 Å². The predicted molar refractivity (Wildman–Crippen MR) is 39.5 cm³/mol.